The average Bonchev–Trinajstić information content (AvgIpc) is 3.30. The summed E-state index contributed by atoms with van der Waals surface area (Å²) in [6.45, 7) is 1.80. The molecule has 1 N–H and O–H groups in total. The number of carboxylic acid groups (broad SMARTS) is 1. The largest absolute Gasteiger partial charge is 0.478 e. The normalized spacial score (nSPS) is 26.3. The third-order valence-electron chi connectivity index (χ3n) is 6.46. The van der Waals surface area contributed by atoms with Gasteiger partial charge < -0.3 is 10.0 Å². The van der Waals surface area contributed by atoms with Gasteiger partial charge in [-0.15, -0.1) is 11.8 Å². The number of hydrogen-bond acceptors (Lipinski definition) is 3. The molecule has 3 atom stereocenters. The first kappa shape index (κ1) is 19.6. The van der Waals surface area contributed by atoms with Gasteiger partial charge in [0.05, 0.1) is 10.6 Å². The van der Waals surface area contributed by atoms with Gasteiger partial charge in [-0.2, -0.15) is 0 Å². The lowest BCUT2D eigenvalue weighted by Crippen LogP contribution is -2.33. The molecule has 3 aliphatic rings. The molecule has 1 aromatic carbocycles. The van der Waals surface area contributed by atoms with Crippen molar-refractivity contribution >= 4 is 17.7 Å². The lowest BCUT2D eigenvalue weighted by molar-refractivity contribution is -0.132. The Balaban J connectivity index is 1.37. The second kappa shape index (κ2) is 8.73. The zero-order valence-electron chi connectivity index (χ0n) is 16.1. The molecule has 3 nitrogen and oxygen atoms in total. The maximum absolute atomic E-state index is 13.0. The number of aliphatic carboxylic acids is 1. The number of halogens is 1. The molecule has 0 aromatic heterocycles. The van der Waals surface area contributed by atoms with Crippen LogP contribution in [-0.4, -0.2) is 34.8 Å². The number of carbonyl (C=O) groups is 1. The van der Waals surface area contributed by atoms with Crippen LogP contribution in [0.4, 0.5) is 4.39 Å². The number of benzene rings is 1. The number of aryl methyl sites for hydroxylation is 1. The van der Waals surface area contributed by atoms with E-state index < -0.39 is 5.97 Å². The molecule has 0 radical (unpaired) electrons. The molecule has 0 saturated heterocycles. The Labute approximate surface area is 170 Å². The molecule has 4 rings (SSSR count). The van der Waals surface area contributed by atoms with E-state index in [9.17, 15) is 14.3 Å². The molecule has 2 bridgehead atoms. The van der Waals surface area contributed by atoms with Gasteiger partial charge in [-0.25, -0.2) is 9.18 Å². The Kier molecular flexibility index (Phi) is 6.10. The van der Waals surface area contributed by atoms with Crippen LogP contribution in [0, 0.1) is 23.6 Å². The van der Waals surface area contributed by atoms with Gasteiger partial charge in [0.25, 0.3) is 0 Å². The predicted octanol–water partition coefficient (Wildman–Crippen LogP) is 5.10. The third kappa shape index (κ3) is 4.45. The average molecular weight is 402 g/mol. The molecule has 0 amide bonds. The topological polar surface area (TPSA) is 40.5 Å². The highest BCUT2D eigenvalue weighted by Crippen LogP contribution is 2.49. The fourth-order valence-electron chi connectivity index (χ4n) is 5.09. The molecular weight excluding hydrogens is 373 g/mol. The van der Waals surface area contributed by atoms with Crippen LogP contribution < -0.4 is 0 Å². The molecule has 150 valence electrons. The van der Waals surface area contributed by atoms with E-state index in [0.717, 1.165) is 60.0 Å². The van der Waals surface area contributed by atoms with Gasteiger partial charge in [0.15, 0.2) is 0 Å². The van der Waals surface area contributed by atoms with E-state index in [4.69, 9.17) is 0 Å². The number of thioether (sulfide) groups is 1. The fraction of sp³-hybridized carbons (Fsp3) is 0.522. The van der Waals surface area contributed by atoms with Gasteiger partial charge in [-0.05, 0) is 79.4 Å². The van der Waals surface area contributed by atoms with Crippen molar-refractivity contribution in [1.29, 1.82) is 0 Å². The number of fused-ring (bicyclic) bond motifs is 2. The van der Waals surface area contributed by atoms with Gasteiger partial charge in [0.2, 0.25) is 0 Å². The minimum absolute atomic E-state index is 0.209. The van der Waals surface area contributed by atoms with Gasteiger partial charge in [-0.1, -0.05) is 24.6 Å². The highest BCUT2D eigenvalue weighted by molar-refractivity contribution is 8.03. The monoisotopic (exact) mass is 401 g/mol. The maximum Gasteiger partial charge on any atom is 0.338 e. The number of hydrogen-bond donors (Lipinski definition) is 1. The predicted molar refractivity (Wildman–Crippen MR) is 111 cm³/mol. The summed E-state index contributed by atoms with van der Waals surface area (Å²) in [4.78, 5) is 14.1. The Morgan fingerprint density at radius 2 is 2.04 bits per heavy atom. The standard InChI is InChI=1S/C23H28FNO2S/c24-20-9-6-16(7-10-20)3-2-12-28-22-21(23(26)27)4-1-11-25(22)15-19-14-17-5-8-18(19)13-17/h1,4,6-7,9-10,17-19H,2-3,5,8,11-15H2,(H,26,27). The van der Waals surface area contributed by atoms with Crippen molar-refractivity contribution in [3.05, 3.63) is 58.4 Å². The summed E-state index contributed by atoms with van der Waals surface area (Å²) in [5.41, 5.74) is 1.55. The molecule has 28 heavy (non-hydrogen) atoms. The summed E-state index contributed by atoms with van der Waals surface area (Å²) in [6, 6.07) is 6.65. The van der Waals surface area contributed by atoms with E-state index in [1.165, 1.54) is 37.8 Å². The van der Waals surface area contributed by atoms with E-state index in [1.807, 2.05) is 18.2 Å². The van der Waals surface area contributed by atoms with Gasteiger partial charge in [0, 0.05) is 13.1 Å². The molecule has 0 spiro atoms. The first-order chi connectivity index (χ1) is 13.6. The maximum atomic E-state index is 13.0. The molecule has 5 heteroatoms. The van der Waals surface area contributed by atoms with Crippen LogP contribution in [-0.2, 0) is 11.2 Å². The first-order valence-electron chi connectivity index (χ1n) is 10.4. The lowest BCUT2D eigenvalue weighted by atomic mass is 9.88. The summed E-state index contributed by atoms with van der Waals surface area (Å²) in [6.07, 6.45) is 11.0. The minimum atomic E-state index is -0.838. The lowest BCUT2D eigenvalue weighted by Gasteiger charge is -2.34. The molecule has 2 aliphatic carbocycles. The van der Waals surface area contributed by atoms with Crippen LogP contribution >= 0.6 is 11.8 Å². The zero-order chi connectivity index (χ0) is 19.5. The summed E-state index contributed by atoms with van der Waals surface area (Å²) in [5, 5.41) is 10.6. The Bertz CT molecular complexity index is 773. The fourth-order valence-corrected chi connectivity index (χ4v) is 6.22. The third-order valence-corrected chi connectivity index (χ3v) is 7.70. The van der Waals surface area contributed by atoms with Crippen LogP contribution in [0.25, 0.3) is 0 Å². The second-order valence-electron chi connectivity index (χ2n) is 8.34. The van der Waals surface area contributed by atoms with Gasteiger partial charge >= 0.3 is 5.97 Å². The zero-order valence-corrected chi connectivity index (χ0v) is 17.0. The van der Waals surface area contributed by atoms with Crippen LogP contribution in [0.2, 0.25) is 0 Å². The van der Waals surface area contributed by atoms with Crippen molar-refractivity contribution < 1.29 is 14.3 Å². The van der Waals surface area contributed by atoms with Crippen LogP contribution in [0.1, 0.15) is 37.7 Å². The van der Waals surface area contributed by atoms with Crippen LogP contribution in [0.5, 0.6) is 0 Å². The first-order valence-corrected chi connectivity index (χ1v) is 11.3. The molecule has 1 aliphatic heterocycles. The van der Waals surface area contributed by atoms with Gasteiger partial charge in [-0.3, -0.25) is 0 Å². The van der Waals surface area contributed by atoms with Crippen molar-refractivity contribution in [2.45, 2.75) is 38.5 Å². The van der Waals surface area contributed by atoms with E-state index in [2.05, 4.69) is 4.90 Å². The smallest absolute Gasteiger partial charge is 0.338 e. The van der Waals surface area contributed by atoms with E-state index in [1.54, 1.807) is 17.8 Å². The summed E-state index contributed by atoms with van der Waals surface area (Å²) in [7, 11) is 0. The molecule has 1 heterocycles. The number of rotatable bonds is 8. The van der Waals surface area contributed by atoms with Gasteiger partial charge in [0.1, 0.15) is 5.82 Å². The van der Waals surface area contributed by atoms with Crippen molar-refractivity contribution in [2.75, 3.05) is 18.8 Å². The molecular formula is C23H28FNO2S. The number of nitrogens with zero attached hydrogens (tertiary/aromatic N) is 1. The molecule has 2 saturated carbocycles. The van der Waals surface area contributed by atoms with Crippen LogP contribution in [0.15, 0.2) is 47.0 Å². The molecule has 2 fully saturated rings. The summed E-state index contributed by atoms with van der Waals surface area (Å²) < 4.78 is 13.0. The van der Waals surface area contributed by atoms with Crippen molar-refractivity contribution in [3.8, 4) is 0 Å². The van der Waals surface area contributed by atoms with E-state index in [-0.39, 0.29) is 5.82 Å². The van der Waals surface area contributed by atoms with E-state index >= 15 is 0 Å². The SMILES string of the molecule is O=C(O)C1=C(SCCCc2ccc(F)cc2)N(CC2CC3CCC2C3)CC=C1. The highest BCUT2D eigenvalue weighted by Gasteiger charge is 2.40. The summed E-state index contributed by atoms with van der Waals surface area (Å²) in [5.74, 6) is 2.29. The van der Waals surface area contributed by atoms with E-state index in [0.29, 0.717) is 5.57 Å². The van der Waals surface area contributed by atoms with Crippen molar-refractivity contribution in [2.24, 2.45) is 17.8 Å². The molecule has 3 unspecified atom stereocenters. The Morgan fingerprint density at radius 1 is 1.21 bits per heavy atom. The highest BCUT2D eigenvalue weighted by atomic mass is 32.2. The Hall–Kier alpha value is -1.75. The quantitative estimate of drug-likeness (QED) is 0.616. The van der Waals surface area contributed by atoms with Crippen molar-refractivity contribution in [3.63, 3.8) is 0 Å². The number of carboxylic acids is 1. The van der Waals surface area contributed by atoms with Crippen molar-refractivity contribution in [1.82, 2.24) is 4.90 Å². The summed E-state index contributed by atoms with van der Waals surface area (Å²) >= 11 is 1.67. The second-order valence-corrected chi connectivity index (χ2v) is 9.43. The minimum Gasteiger partial charge on any atom is -0.478 e. The van der Waals surface area contributed by atoms with Crippen LogP contribution in [0.3, 0.4) is 0 Å². The molecule has 1 aromatic rings. The Morgan fingerprint density at radius 3 is 2.71 bits per heavy atom.